The lowest BCUT2D eigenvalue weighted by atomic mass is 9.67. The van der Waals surface area contributed by atoms with Crippen molar-refractivity contribution in [2.45, 2.75) is 68.9 Å². The summed E-state index contributed by atoms with van der Waals surface area (Å²) < 4.78 is 1.13. The number of benzene rings is 2. The van der Waals surface area contributed by atoms with Gasteiger partial charge in [-0.05, 0) is 73.4 Å². The number of amides is 1. The molecule has 192 valence electrons. The topological polar surface area (TPSA) is 35.6 Å². The molecule has 0 radical (unpaired) electrons. The van der Waals surface area contributed by atoms with Crippen molar-refractivity contribution in [3.63, 3.8) is 0 Å². The summed E-state index contributed by atoms with van der Waals surface area (Å²) in [6.07, 6.45) is 8.76. The van der Waals surface area contributed by atoms with E-state index in [1.54, 1.807) is 0 Å². The highest BCUT2D eigenvalue weighted by Crippen LogP contribution is 2.45. The molecule has 4 nitrogen and oxygen atoms in total. The summed E-state index contributed by atoms with van der Waals surface area (Å²) >= 11 is 3.68. The molecule has 0 aromatic heterocycles. The molecule has 4 atom stereocenters. The van der Waals surface area contributed by atoms with Gasteiger partial charge in [-0.1, -0.05) is 71.6 Å². The molecule has 36 heavy (non-hydrogen) atoms. The number of piperidine rings is 1. The van der Waals surface area contributed by atoms with Crippen LogP contribution in [-0.2, 0) is 16.8 Å². The fourth-order valence-corrected chi connectivity index (χ4v) is 8.50. The Labute approximate surface area is 224 Å². The van der Waals surface area contributed by atoms with Gasteiger partial charge in [0.1, 0.15) is 0 Å². The van der Waals surface area contributed by atoms with Gasteiger partial charge in [0, 0.05) is 48.7 Å². The quantitative estimate of drug-likeness (QED) is 0.532. The van der Waals surface area contributed by atoms with Crippen molar-refractivity contribution in [3.05, 3.63) is 69.7 Å². The van der Waals surface area contributed by atoms with Gasteiger partial charge >= 0.3 is 0 Å². The maximum absolute atomic E-state index is 14.6. The smallest absolute Gasteiger partial charge is 0.228 e. The summed E-state index contributed by atoms with van der Waals surface area (Å²) in [5.41, 5.74) is 4.07. The first-order valence-corrected chi connectivity index (χ1v) is 14.9. The second kappa shape index (κ2) is 10.2. The average Bonchev–Trinajstić information content (AvgIpc) is 3.32. The number of fused-ring (bicyclic) bond motifs is 2. The van der Waals surface area contributed by atoms with Crippen molar-refractivity contribution in [2.75, 3.05) is 33.2 Å². The summed E-state index contributed by atoms with van der Waals surface area (Å²) in [4.78, 5) is 19.4. The predicted molar refractivity (Wildman–Crippen MR) is 149 cm³/mol. The largest absolute Gasteiger partial charge is 0.339 e. The Balaban J connectivity index is 1.32. The van der Waals surface area contributed by atoms with Crippen LogP contribution in [-0.4, -0.2) is 55.0 Å². The molecule has 1 spiro atoms. The van der Waals surface area contributed by atoms with Gasteiger partial charge < -0.3 is 15.1 Å². The van der Waals surface area contributed by atoms with Crippen molar-refractivity contribution in [1.29, 1.82) is 0 Å². The maximum atomic E-state index is 14.6. The standard InChI is InChI=1S/C31H40BrN3O/c1-34-19-25-16-26(32)12-13-27(25)31(21-34)20-33-18-28(31)30(36)35-15-14-24(22-8-4-2-5-9-22)17-29(35)23-10-6-3-7-11-23/h2,4-5,8-9,12-13,16,23-24,28-29,33H,3,6-7,10-11,14-15,17-21H2,1H3/t24-,28+,29+,31-/m1/s1. The van der Waals surface area contributed by atoms with E-state index in [-0.39, 0.29) is 11.3 Å². The summed E-state index contributed by atoms with van der Waals surface area (Å²) in [5.74, 6) is 1.62. The van der Waals surface area contributed by atoms with Gasteiger partial charge in [0.15, 0.2) is 0 Å². The number of carbonyl (C=O) groups excluding carboxylic acids is 1. The zero-order chi connectivity index (χ0) is 24.7. The summed E-state index contributed by atoms with van der Waals surface area (Å²) in [6, 6.07) is 18.2. The Morgan fingerprint density at radius 1 is 1.06 bits per heavy atom. The van der Waals surface area contributed by atoms with E-state index >= 15 is 0 Å². The molecule has 1 saturated carbocycles. The predicted octanol–water partition coefficient (Wildman–Crippen LogP) is 5.71. The third kappa shape index (κ3) is 4.46. The molecule has 2 aromatic carbocycles. The van der Waals surface area contributed by atoms with Crippen LogP contribution >= 0.6 is 15.9 Å². The second-order valence-corrected chi connectivity index (χ2v) is 12.9. The molecule has 1 N–H and O–H groups in total. The van der Waals surface area contributed by atoms with E-state index in [2.05, 4.69) is 86.6 Å². The molecule has 2 saturated heterocycles. The van der Waals surface area contributed by atoms with E-state index in [4.69, 9.17) is 0 Å². The third-order valence-corrected chi connectivity index (χ3v) is 10.2. The summed E-state index contributed by atoms with van der Waals surface area (Å²) in [6.45, 7) is 4.47. The van der Waals surface area contributed by atoms with Gasteiger partial charge in [0.2, 0.25) is 5.91 Å². The summed E-state index contributed by atoms with van der Waals surface area (Å²) in [5, 5.41) is 3.67. The molecule has 3 heterocycles. The van der Waals surface area contributed by atoms with Crippen LogP contribution < -0.4 is 5.32 Å². The lowest BCUT2D eigenvalue weighted by molar-refractivity contribution is -0.143. The monoisotopic (exact) mass is 549 g/mol. The molecule has 1 aliphatic carbocycles. The Kier molecular flexibility index (Phi) is 7.00. The van der Waals surface area contributed by atoms with Crippen molar-refractivity contribution >= 4 is 21.8 Å². The van der Waals surface area contributed by atoms with Crippen LogP contribution in [0, 0.1) is 11.8 Å². The molecule has 6 rings (SSSR count). The van der Waals surface area contributed by atoms with Gasteiger partial charge in [-0.2, -0.15) is 0 Å². The first kappa shape index (κ1) is 24.6. The van der Waals surface area contributed by atoms with E-state index in [9.17, 15) is 4.79 Å². The Bertz CT molecular complexity index is 1080. The van der Waals surface area contributed by atoms with Crippen LogP contribution in [0.1, 0.15) is 67.6 Å². The lowest BCUT2D eigenvalue weighted by Gasteiger charge is -2.49. The third-order valence-electron chi connectivity index (χ3n) is 9.74. The summed E-state index contributed by atoms with van der Waals surface area (Å²) in [7, 11) is 2.21. The van der Waals surface area contributed by atoms with E-state index in [1.165, 1.54) is 48.8 Å². The molecule has 2 aromatic rings. The number of nitrogens with one attached hydrogen (secondary N) is 1. The zero-order valence-corrected chi connectivity index (χ0v) is 23.2. The molecule has 5 heteroatoms. The number of rotatable bonds is 3. The Morgan fingerprint density at radius 3 is 2.67 bits per heavy atom. The van der Waals surface area contributed by atoms with E-state index in [0.29, 0.717) is 23.8 Å². The lowest BCUT2D eigenvalue weighted by Crippen LogP contribution is -2.57. The van der Waals surface area contributed by atoms with Gasteiger partial charge in [0.25, 0.3) is 0 Å². The maximum Gasteiger partial charge on any atom is 0.228 e. The van der Waals surface area contributed by atoms with Gasteiger partial charge in [-0.3, -0.25) is 4.79 Å². The highest BCUT2D eigenvalue weighted by molar-refractivity contribution is 9.10. The van der Waals surface area contributed by atoms with Crippen molar-refractivity contribution < 1.29 is 4.79 Å². The minimum atomic E-state index is -0.145. The first-order chi connectivity index (χ1) is 17.5. The van der Waals surface area contributed by atoms with Gasteiger partial charge in [-0.15, -0.1) is 0 Å². The van der Waals surface area contributed by atoms with Gasteiger partial charge in [-0.25, -0.2) is 0 Å². The highest BCUT2D eigenvalue weighted by atomic mass is 79.9. The van der Waals surface area contributed by atoms with E-state index in [0.717, 1.165) is 50.0 Å². The SMILES string of the molecule is CN1Cc2cc(Br)ccc2[C@@]2(CNC[C@H]2C(=O)N2CC[C@@H](c3ccccc3)C[C@H]2C2CCCCC2)C1. The second-order valence-electron chi connectivity index (χ2n) is 11.9. The van der Waals surface area contributed by atoms with Crippen LogP contribution in [0.4, 0.5) is 0 Å². The number of halogens is 1. The molecular formula is C31H40BrN3O. The molecule has 0 unspecified atom stereocenters. The number of carbonyl (C=O) groups is 1. The molecule has 4 aliphatic rings. The number of hydrogen-bond donors (Lipinski definition) is 1. The van der Waals surface area contributed by atoms with Crippen LogP contribution in [0.3, 0.4) is 0 Å². The zero-order valence-electron chi connectivity index (χ0n) is 21.6. The van der Waals surface area contributed by atoms with Gasteiger partial charge in [0.05, 0.1) is 5.92 Å². The van der Waals surface area contributed by atoms with Crippen LogP contribution in [0.25, 0.3) is 0 Å². The number of likely N-dealkylation sites (tertiary alicyclic amines) is 1. The molecule has 3 aliphatic heterocycles. The molecule has 1 amide bonds. The highest BCUT2D eigenvalue weighted by Gasteiger charge is 2.53. The van der Waals surface area contributed by atoms with Crippen LogP contribution in [0.2, 0.25) is 0 Å². The minimum Gasteiger partial charge on any atom is -0.339 e. The van der Waals surface area contributed by atoms with E-state index < -0.39 is 0 Å². The Hall–Kier alpha value is -1.69. The normalized spacial score (nSPS) is 31.5. The average molecular weight is 551 g/mol. The van der Waals surface area contributed by atoms with Crippen LogP contribution in [0.5, 0.6) is 0 Å². The van der Waals surface area contributed by atoms with Crippen molar-refractivity contribution in [3.8, 4) is 0 Å². The molecular weight excluding hydrogens is 510 g/mol. The van der Waals surface area contributed by atoms with Crippen molar-refractivity contribution in [1.82, 2.24) is 15.1 Å². The van der Waals surface area contributed by atoms with E-state index in [1.807, 2.05) is 0 Å². The number of likely N-dealkylation sites (N-methyl/N-ethyl adjacent to an activating group) is 1. The van der Waals surface area contributed by atoms with Crippen LogP contribution in [0.15, 0.2) is 53.0 Å². The Morgan fingerprint density at radius 2 is 1.86 bits per heavy atom. The fourth-order valence-electron chi connectivity index (χ4n) is 8.09. The minimum absolute atomic E-state index is 0.000425. The first-order valence-electron chi connectivity index (χ1n) is 14.1. The fraction of sp³-hybridized carbons (Fsp3) is 0.581. The molecule has 3 fully saturated rings. The number of hydrogen-bond acceptors (Lipinski definition) is 3. The number of nitrogens with zero attached hydrogens (tertiary/aromatic N) is 2. The molecule has 0 bridgehead atoms. The van der Waals surface area contributed by atoms with Crippen molar-refractivity contribution in [2.24, 2.45) is 11.8 Å².